The van der Waals surface area contributed by atoms with Crippen molar-refractivity contribution >= 4 is 51.5 Å². The van der Waals surface area contributed by atoms with Gasteiger partial charge in [0.1, 0.15) is 12.2 Å². The first-order valence-electron chi connectivity index (χ1n) is 10.2. The molecule has 4 amide bonds. The van der Waals surface area contributed by atoms with Gasteiger partial charge in [-0.3, -0.25) is 9.59 Å². The van der Waals surface area contributed by atoms with E-state index < -0.39 is 37.0 Å². The Bertz CT molecular complexity index is 1180. The molecule has 3 N–H and O–H groups in total. The number of amides is 4. The van der Waals surface area contributed by atoms with Gasteiger partial charge in [0, 0.05) is 10.2 Å². The van der Waals surface area contributed by atoms with Crippen LogP contribution in [0.2, 0.25) is 0 Å². The predicted octanol–water partition coefficient (Wildman–Crippen LogP) is 3.01. The molecule has 10 nitrogen and oxygen atoms in total. The molecule has 0 aromatic heterocycles. The number of para-hydroxylation sites is 1. The Balaban J connectivity index is 1.76. The van der Waals surface area contributed by atoms with Crippen molar-refractivity contribution in [1.82, 2.24) is 10.2 Å². The SMILES string of the molecule is CCc1ccccc1NC(=O)CN1C(=O)N/C(=C/c2cc(OC)c(OCC(=O)O)cc2Br)C1=O. The van der Waals surface area contributed by atoms with Gasteiger partial charge in [0.15, 0.2) is 18.1 Å². The molecular weight excluding hydrogens is 510 g/mol. The van der Waals surface area contributed by atoms with Gasteiger partial charge in [-0.05, 0) is 41.8 Å². The zero-order chi connectivity index (χ0) is 24.8. The Labute approximate surface area is 203 Å². The highest BCUT2D eigenvalue weighted by atomic mass is 79.9. The van der Waals surface area contributed by atoms with Gasteiger partial charge in [0.25, 0.3) is 5.91 Å². The third-order valence-corrected chi connectivity index (χ3v) is 5.56. The van der Waals surface area contributed by atoms with Gasteiger partial charge in [-0.1, -0.05) is 41.1 Å². The van der Waals surface area contributed by atoms with Crippen LogP contribution in [-0.4, -0.2) is 54.1 Å². The van der Waals surface area contributed by atoms with E-state index >= 15 is 0 Å². The molecule has 0 aliphatic carbocycles. The Morgan fingerprint density at radius 2 is 1.94 bits per heavy atom. The van der Waals surface area contributed by atoms with E-state index in [4.69, 9.17) is 14.6 Å². The molecule has 2 aromatic carbocycles. The zero-order valence-corrected chi connectivity index (χ0v) is 20.0. The number of carboxylic acid groups (broad SMARTS) is 1. The molecule has 0 bridgehead atoms. The van der Waals surface area contributed by atoms with Crippen LogP contribution >= 0.6 is 15.9 Å². The molecule has 0 radical (unpaired) electrons. The Hall–Kier alpha value is -3.86. The number of urea groups is 1. The number of hydrogen-bond donors (Lipinski definition) is 3. The van der Waals surface area contributed by atoms with E-state index in [2.05, 4.69) is 26.6 Å². The Morgan fingerprint density at radius 1 is 1.21 bits per heavy atom. The lowest BCUT2D eigenvalue weighted by molar-refractivity contribution is -0.139. The number of anilines is 1. The smallest absolute Gasteiger partial charge is 0.341 e. The van der Waals surface area contributed by atoms with Gasteiger partial charge in [0.05, 0.1) is 7.11 Å². The number of imide groups is 1. The van der Waals surface area contributed by atoms with E-state index in [1.807, 2.05) is 19.1 Å². The minimum atomic E-state index is -1.15. The normalized spacial score (nSPS) is 14.2. The third kappa shape index (κ3) is 5.73. The average molecular weight is 532 g/mol. The zero-order valence-electron chi connectivity index (χ0n) is 18.4. The van der Waals surface area contributed by atoms with Crippen molar-refractivity contribution in [2.24, 2.45) is 0 Å². The molecule has 1 heterocycles. The number of aryl methyl sites for hydroxylation is 1. The largest absolute Gasteiger partial charge is 0.493 e. The van der Waals surface area contributed by atoms with Crippen LogP contribution in [0.1, 0.15) is 18.1 Å². The molecule has 1 saturated heterocycles. The maximum absolute atomic E-state index is 12.8. The van der Waals surface area contributed by atoms with Crippen LogP contribution in [0.15, 0.2) is 46.6 Å². The van der Waals surface area contributed by atoms with Crippen molar-refractivity contribution in [2.45, 2.75) is 13.3 Å². The topological polar surface area (TPSA) is 134 Å². The minimum Gasteiger partial charge on any atom is -0.493 e. The monoisotopic (exact) mass is 531 g/mol. The number of hydrogen-bond acceptors (Lipinski definition) is 6. The number of aliphatic carboxylic acids is 1. The highest BCUT2D eigenvalue weighted by Gasteiger charge is 2.35. The lowest BCUT2D eigenvalue weighted by Crippen LogP contribution is -2.38. The number of carboxylic acids is 1. The van der Waals surface area contributed by atoms with Crippen molar-refractivity contribution in [1.29, 1.82) is 0 Å². The van der Waals surface area contributed by atoms with Crippen LogP contribution in [0.4, 0.5) is 10.5 Å². The summed E-state index contributed by atoms with van der Waals surface area (Å²) in [6, 6.07) is 9.57. The molecule has 0 spiro atoms. The minimum absolute atomic E-state index is 0.0336. The van der Waals surface area contributed by atoms with E-state index in [9.17, 15) is 19.2 Å². The summed E-state index contributed by atoms with van der Waals surface area (Å²) >= 11 is 3.34. The lowest BCUT2D eigenvalue weighted by Gasteiger charge is -2.14. The van der Waals surface area contributed by atoms with Gasteiger partial charge >= 0.3 is 12.0 Å². The standard InChI is InChI=1S/C23H22BrN3O7/c1-3-13-6-4-5-7-16(13)25-20(28)11-27-22(31)17(26-23(27)32)8-14-9-18(33-2)19(10-15(14)24)34-12-21(29)30/h4-10H,3,11-12H2,1-2H3,(H,25,28)(H,26,32)(H,29,30)/b17-8+. The highest BCUT2D eigenvalue weighted by molar-refractivity contribution is 9.10. The molecule has 2 aromatic rings. The highest BCUT2D eigenvalue weighted by Crippen LogP contribution is 2.35. The Kier molecular flexibility index (Phi) is 7.90. The number of rotatable bonds is 9. The fourth-order valence-corrected chi connectivity index (χ4v) is 3.66. The van der Waals surface area contributed by atoms with Crippen LogP contribution in [-0.2, 0) is 20.8 Å². The third-order valence-electron chi connectivity index (χ3n) is 4.87. The molecule has 0 saturated carbocycles. The molecule has 34 heavy (non-hydrogen) atoms. The maximum atomic E-state index is 12.8. The van der Waals surface area contributed by atoms with E-state index in [1.165, 1.54) is 25.3 Å². The summed E-state index contributed by atoms with van der Waals surface area (Å²) in [6.07, 6.45) is 2.13. The fraction of sp³-hybridized carbons (Fsp3) is 0.217. The summed E-state index contributed by atoms with van der Waals surface area (Å²) in [5.74, 6) is -1.90. The van der Waals surface area contributed by atoms with E-state index in [0.717, 1.165) is 10.5 Å². The number of carbonyl (C=O) groups is 4. The summed E-state index contributed by atoms with van der Waals surface area (Å²) in [7, 11) is 1.38. The van der Waals surface area contributed by atoms with Crippen molar-refractivity contribution in [3.05, 3.63) is 57.7 Å². The molecule has 0 unspecified atom stereocenters. The van der Waals surface area contributed by atoms with E-state index in [0.29, 0.717) is 22.1 Å². The number of ether oxygens (including phenoxy) is 2. The van der Waals surface area contributed by atoms with Crippen LogP contribution in [0.5, 0.6) is 11.5 Å². The first-order chi connectivity index (χ1) is 16.2. The van der Waals surface area contributed by atoms with E-state index in [1.54, 1.807) is 12.1 Å². The van der Waals surface area contributed by atoms with Crippen molar-refractivity contribution in [3.8, 4) is 11.5 Å². The second kappa shape index (κ2) is 10.8. The number of methoxy groups -OCH3 is 1. The first-order valence-corrected chi connectivity index (χ1v) is 11.0. The molecular formula is C23H22BrN3O7. The van der Waals surface area contributed by atoms with Gasteiger partial charge in [0.2, 0.25) is 5.91 Å². The van der Waals surface area contributed by atoms with Gasteiger partial charge in [-0.25, -0.2) is 14.5 Å². The van der Waals surface area contributed by atoms with E-state index in [-0.39, 0.29) is 17.2 Å². The molecule has 1 aliphatic rings. The van der Waals surface area contributed by atoms with Crippen LogP contribution in [0, 0.1) is 0 Å². The van der Waals surface area contributed by atoms with Crippen molar-refractivity contribution in [3.63, 3.8) is 0 Å². The summed E-state index contributed by atoms with van der Waals surface area (Å²) < 4.78 is 10.9. The summed E-state index contributed by atoms with van der Waals surface area (Å²) in [5.41, 5.74) is 1.99. The van der Waals surface area contributed by atoms with Crippen LogP contribution in [0.25, 0.3) is 6.08 Å². The van der Waals surface area contributed by atoms with Crippen LogP contribution < -0.4 is 20.1 Å². The summed E-state index contributed by atoms with van der Waals surface area (Å²) in [6.45, 7) is 0.946. The number of carbonyl (C=O) groups excluding carboxylic acids is 3. The maximum Gasteiger partial charge on any atom is 0.341 e. The second-order valence-corrected chi connectivity index (χ2v) is 8.00. The van der Waals surface area contributed by atoms with Gasteiger partial charge < -0.3 is 25.2 Å². The number of halogens is 1. The molecule has 1 fully saturated rings. The number of nitrogens with zero attached hydrogens (tertiary/aromatic N) is 1. The molecule has 11 heteroatoms. The van der Waals surface area contributed by atoms with Crippen LogP contribution in [0.3, 0.4) is 0 Å². The summed E-state index contributed by atoms with van der Waals surface area (Å²) in [4.78, 5) is 49.2. The average Bonchev–Trinajstić information content (AvgIpc) is 3.06. The quantitative estimate of drug-likeness (QED) is 0.334. The summed E-state index contributed by atoms with van der Waals surface area (Å²) in [5, 5.41) is 14.0. The molecule has 0 atom stereocenters. The Morgan fingerprint density at radius 3 is 2.62 bits per heavy atom. The first kappa shape index (κ1) is 24.8. The molecule has 178 valence electrons. The fourth-order valence-electron chi connectivity index (χ4n) is 3.23. The number of nitrogens with one attached hydrogen (secondary N) is 2. The van der Waals surface area contributed by atoms with Gasteiger partial charge in [-0.2, -0.15) is 0 Å². The van der Waals surface area contributed by atoms with Crippen molar-refractivity contribution in [2.75, 3.05) is 25.6 Å². The van der Waals surface area contributed by atoms with Gasteiger partial charge in [-0.15, -0.1) is 0 Å². The predicted molar refractivity (Wildman–Crippen MR) is 126 cm³/mol. The number of benzene rings is 2. The van der Waals surface area contributed by atoms with Crippen molar-refractivity contribution < 1.29 is 33.8 Å². The molecule has 1 aliphatic heterocycles. The molecule has 3 rings (SSSR count). The lowest BCUT2D eigenvalue weighted by atomic mass is 10.1. The second-order valence-electron chi connectivity index (χ2n) is 7.15.